The highest BCUT2D eigenvalue weighted by atomic mass is 32.2. The molecule has 28 heavy (non-hydrogen) atoms. The number of nitrogens with zero attached hydrogens (tertiary/aromatic N) is 2. The number of hydrogen-bond acceptors (Lipinski definition) is 4. The van der Waals surface area contributed by atoms with E-state index >= 15 is 0 Å². The largest absolute Gasteiger partial charge is 0.342 e. The van der Waals surface area contributed by atoms with E-state index in [2.05, 4.69) is 14.7 Å². The van der Waals surface area contributed by atoms with Crippen LogP contribution in [0.1, 0.15) is 34.9 Å². The molecule has 3 aromatic rings. The van der Waals surface area contributed by atoms with Crippen molar-refractivity contribution in [3.63, 3.8) is 0 Å². The van der Waals surface area contributed by atoms with Gasteiger partial charge in [-0.1, -0.05) is 12.1 Å². The molecule has 2 N–H and O–H groups in total. The Bertz CT molecular complexity index is 1070. The first-order valence-corrected chi connectivity index (χ1v) is 10.7. The minimum absolute atomic E-state index is 0.0887. The maximum Gasteiger partial charge on any atom is 0.253 e. The molecular formula is C20H22N4O3S. The molecule has 0 aliphatic carbocycles. The van der Waals surface area contributed by atoms with Crippen molar-refractivity contribution < 1.29 is 13.2 Å². The molecular weight excluding hydrogens is 376 g/mol. The van der Waals surface area contributed by atoms with Gasteiger partial charge in [-0.3, -0.25) is 4.79 Å². The molecule has 0 bridgehead atoms. The summed E-state index contributed by atoms with van der Waals surface area (Å²) in [6.45, 7) is 1.28. The minimum Gasteiger partial charge on any atom is -0.342 e. The Morgan fingerprint density at radius 3 is 2.64 bits per heavy atom. The average Bonchev–Trinajstić information content (AvgIpc) is 3.18. The van der Waals surface area contributed by atoms with E-state index in [1.165, 1.54) is 19.2 Å². The van der Waals surface area contributed by atoms with Gasteiger partial charge in [0.05, 0.1) is 15.9 Å². The molecule has 1 aromatic heterocycles. The van der Waals surface area contributed by atoms with Gasteiger partial charge in [0.25, 0.3) is 5.91 Å². The van der Waals surface area contributed by atoms with Gasteiger partial charge in [-0.05, 0) is 56.3 Å². The summed E-state index contributed by atoms with van der Waals surface area (Å²) in [6, 6.07) is 14.0. The fourth-order valence-corrected chi connectivity index (χ4v) is 4.36. The molecule has 7 nitrogen and oxygen atoms in total. The van der Waals surface area contributed by atoms with Crippen LogP contribution in [0.3, 0.4) is 0 Å². The highest BCUT2D eigenvalue weighted by Crippen LogP contribution is 2.27. The Balaban J connectivity index is 1.51. The summed E-state index contributed by atoms with van der Waals surface area (Å²) in [4.78, 5) is 22.9. The predicted molar refractivity (Wildman–Crippen MR) is 107 cm³/mol. The third-order valence-corrected chi connectivity index (χ3v) is 6.61. The van der Waals surface area contributed by atoms with Gasteiger partial charge < -0.3 is 9.88 Å². The number of amides is 1. The lowest BCUT2D eigenvalue weighted by atomic mass is 9.96. The predicted octanol–water partition coefficient (Wildman–Crippen LogP) is 2.49. The van der Waals surface area contributed by atoms with E-state index in [9.17, 15) is 13.2 Å². The Kier molecular flexibility index (Phi) is 4.91. The molecule has 4 rings (SSSR count). The zero-order valence-corrected chi connectivity index (χ0v) is 16.4. The standard InChI is InChI=1S/C20H22N4O3S/c1-21-28(26,27)16-10-8-14(9-11-16)20(25)24-12-4-5-15(13-24)19-22-17-6-2-3-7-18(17)23-19/h2-3,6-11,15,21H,4-5,12-13H2,1H3,(H,22,23)/t15-/m1/s1. The number of carbonyl (C=O) groups is 1. The van der Waals surface area contributed by atoms with E-state index in [1.54, 1.807) is 12.1 Å². The van der Waals surface area contributed by atoms with E-state index in [0.717, 1.165) is 29.7 Å². The number of aromatic amines is 1. The number of benzene rings is 2. The lowest BCUT2D eigenvalue weighted by Gasteiger charge is -2.32. The van der Waals surface area contributed by atoms with Crippen molar-refractivity contribution in [3.05, 3.63) is 59.9 Å². The first-order chi connectivity index (χ1) is 13.5. The maximum absolute atomic E-state index is 12.9. The molecule has 8 heteroatoms. The monoisotopic (exact) mass is 398 g/mol. The molecule has 1 amide bonds. The van der Waals surface area contributed by atoms with E-state index < -0.39 is 10.0 Å². The van der Waals surface area contributed by atoms with Gasteiger partial charge in [-0.15, -0.1) is 0 Å². The van der Waals surface area contributed by atoms with Crippen molar-refractivity contribution in [2.45, 2.75) is 23.7 Å². The minimum atomic E-state index is -3.51. The number of aromatic nitrogens is 2. The number of hydrogen-bond donors (Lipinski definition) is 2. The summed E-state index contributed by atoms with van der Waals surface area (Å²) >= 11 is 0. The summed E-state index contributed by atoms with van der Waals surface area (Å²) in [6.07, 6.45) is 1.88. The Labute approximate surface area is 163 Å². The second kappa shape index (κ2) is 7.37. The molecule has 0 saturated carbocycles. The van der Waals surface area contributed by atoms with Crippen LogP contribution in [-0.2, 0) is 10.0 Å². The van der Waals surface area contributed by atoms with Crippen LogP contribution >= 0.6 is 0 Å². The fourth-order valence-electron chi connectivity index (χ4n) is 3.63. The summed E-state index contributed by atoms with van der Waals surface area (Å²) in [7, 11) is -2.15. The molecule has 2 heterocycles. The number of imidazole rings is 1. The molecule has 1 aliphatic heterocycles. The van der Waals surface area contributed by atoms with Crippen LogP contribution in [-0.4, -0.2) is 49.3 Å². The molecule has 1 aliphatic rings. The number of nitrogens with one attached hydrogen (secondary N) is 2. The van der Waals surface area contributed by atoms with Gasteiger partial charge in [0.1, 0.15) is 5.82 Å². The number of carbonyl (C=O) groups excluding carboxylic acids is 1. The molecule has 0 spiro atoms. The van der Waals surface area contributed by atoms with E-state index in [1.807, 2.05) is 29.2 Å². The van der Waals surface area contributed by atoms with Gasteiger partial charge >= 0.3 is 0 Å². The SMILES string of the molecule is CNS(=O)(=O)c1ccc(C(=O)N2CCC[C@@H](c3nc4ccccc4[nH]3)C2)cc1. The number of para-hydroxylation sites is 2. The zero-order chi connectivity index (χ0) is 19.7. The van der Waals surface area contributed by atoms with Crippen LogP contribution < -0.4 is 4.72 Å². The Morgan fingerprint density at radius 2 is 1.93 bits per heavy atom. The molecule has 146 valence electrons. The topological polar surface area (TPSA) is 95.2 Å². The van der Waals surface area contributed by atoms with Crippen LogP contribution in [0.2, 0.25) is 0 Å². The molecule has 0 unspecified atom stereocenters. The molecule has 2 aromatic carbocycles. The number of likely N-dealkylation sites (tertiary alicyclic amines) is 1. The summed E-state index contributed by atoms with van der Waals surface area (Å²) in [5, 5.41) is 0. The van der Waals surface area contributed by atoms with Crippen LogP contribution in [0.15, 0.2) is 53.4 Å². The van der Waals surface area contributed by atoms with Crippen molar-refractivity contribution in [2.24, 2.45) is 0 Å². The van der Waals surface area contributed by atoms with Gasteiger partial charge in [0, 0.05) is 24.6 Å². The van der Waals surface area contributed by atoms with Crippen LogP contribution in [0.4, 0.5) is 0 Å². The average molecular weight is 398 g/mol. The van der Waals surface area contributed by atoms with Gasteiger partial charge in [-0.25, -0.2) is 18.1 Å². The quantitative estimate of drug-likeness (QED) is 0.706. The molecule has 1 fully saturated rings. The van der Waals surface area contributed by atoms with Crippen LogP contribution in [0.5, 0.6) is 0 Å². The highest BCUT2D eigenvalue weighted by molar-refractivity contribution is 7.89. The fraction of sp³-hybridized carbons (Fsp3) is 0.300. The van der Waals surface area contributed by atoms with Gasteiger partial charge in [0.2, 0.25) is 10.0 Å². The van der Waals surface area contributed by atoms with Crippen molar-refractivity contribution in [1.29, 1.82) is 0 Å². The maximum atomic E-state index is 12.9. The summed E-state index contributed by atoms with van der Waals surface area (Å²) in [5.74, 6) is 0.984. The number of piperidine rings is 1. The van der Waals surface area contributed by atoms with Crippen LogP contribution in [0.25, 0.3) is 11.0 Å². The van der Waals surface area contributed by atoms with E-state index in [-0.39, 0.29) is 16.7 Å². The molecule has 1 atom stereocenters. The van der Waals surface area contributed by atoms with E-state index in [4.69, 9.17) is 0 Å². The Morgan fingerprint density at radius 1 is 1.18 bits per heavy atom. The summed E-state index contributed by atoms with van der Waals surface area (Å²) in [5.41, 5.74) is 2.42. The molecule has 1 saturated heterocycles. The van der Waals surface area contributed by atoms with Crippen molar-refractivity contribution in [1.82, 2.24) is 19.6 Å². The zero-order valence-electron chi connectivity index (χ0n) is 15.6. The second-order valence-corrected chi connectivity index (χ2v) is 8.85. The highest BCUT2D eigenvalue weighted by Gasteiger charge is 2.27. The number of fused-ring (bicyclic) bond motifs is 1. The van der Waals surface area contributed by atoms with Gasteiger partial charge in [0.15, 0.2) is 0 Å². The Hall–Kier alpha value is -2.71. The van der Waals surface area contributed by atoms with E-state index in [0.29, 0.717) is 18.7 Å². The number of rotatable bonds is 4. The lowest BCUT2D eigenvalue weighted by molar-refractivity contribution is 0.0705. The first-order valence-electron chi connectivity index (χ1n) is 9.25. The number of sulfonamides is 1. The smallest absolute Gasteiger partial charge is 0.253 e. The number of H-pyrrole nitrogens is 1. The van der Waals surface area contributed by atoms with Crippen molar-refractivity contribution >= 4 is 27.0 Å². The van der Waals surface area contributed by atoms with Crippen molar-refractivity contribution in [2.75, 3.05) is 20.1 Å². The molecule has 0 radical (unpaired) electrons. The van der Waals surface area contributed by atoms with Crippen molar-refractivity contribution in [3.8, 4) is 0 Å². The third-order valence-electron chi connectivity index (χ3n) is 5.18. The second-order valence-electron chi connectivity index (χ2n) is 6.96. The first kappa shape index (κ1) is 18.6. The third kappa shape index (κ3) is 3.53. The normalized spacial score (nSPS) is 17.8. The van der Waals surface area contributed by atoms with Gasteiger partial charge in [-0.2, -0.15) is 0 Å². The lowest BCUT2D eigenvalue weighted by Crippen LogP contribution is -2.39. The summed E-state index contributed by atoms with van der Waals surface area (Å²) < 4.78 is 26.0. The van der Waals surface area contributed by atoms with Crippen LogP contribution in [0, 0.1) is 0 Å².